The lowest BCUT2D eigenvalue weighted by Crippen LogP contribution is -2.54. The Morgan fingerprint density at radius 3 is 2.67 bits per heavy atom. The van der Waals surface area contributed by atoms with Crippen LogP contribution in [0.5, 0.6) is 5.75 Å². The minimum absolute atomic E-state index is 0.0252. The van der Waals surface area contributed by atoms with Gasteiger partial charge >= 0.3 is 0 Å². The average molecular weight is 416 g/mol. The molecule has 0 spiro atoms. The fraction of sp³-hybridized carbons (Fsp3) is 0.211. The molecule has 1 aliphatic rings. The van der Waals surface area contributed by atoms with Crippen molar-refractivity contribution in [2.24, 2.45) is 0 Å². The predicted molar refractivity (Wildman–Crippen MR) is 100 cm³/mol. The summed E-state index contributed by atoms with van der Waals surface area (Å²) in [5.41, 5.74) is 0.121. The molecular formula is C19H15F3N6O2. The van der Waals surface area contributed by atoms with Crippen molar-refractivity contribution < 1.29 is 22.7 Å². The molecule has 1 aliphatic heterocycles. The molecule has 3 aromatic rings. The van der Waals surface area contributed by atoms with E-state index in [4.69, 9.17) is 4.74 Å². The SMILES string of the molecule is O=C(Nc1ccnnc1)c1nccnc1N1CC(Oc2cc(F)cc(C(F)F)c2)C1. The minimum Gasteiger partial charge on any atom is -0.487 e. The Labute approximate surface area is 168 Å². The van der Waals surface area contributed by atoms with Crippen molar-refractivity contribution in [1.29, 1.82) is 0 Å². The topological polar surface area (TPSA) is 93.1 Å². The highest BCUT2D eigenvalue weighted by molar-refractivity contribution is 6.06. The Morgan fingerprint density at radius 1 is 1.13 bits per heavy atom. The largest absolute Gasteiger partial charge is 0.487 e. The molecule has 8 nitrogen and oxygen atoms in total. The molecule has 1 amide bonds. The van der Waals surface area contributed by atoms with Crippen molar-refractivity contribution in [2.75, 3.05) is 23.3 Å². The van der Waals surface area contributed by atoms with Gasteiger partial charge in [-0.05, 0) is 18.2 Å². The number of nitrogens with zero attached hydrogens (tertiary/aromatic N) is 5. The number of carbonyl (C=O) groups is 1. The van der Waals surface area contributed by atoms with Crippen molar-refractivity contribution >= 4 is 17.4 Å². The van der Waals surface area contributed by atoms with Gasteiger partial charge in [0, 0.05) is 24.0 Å². The van der Waals surface area contributed by atoms with Gasteiger partial charge in [-0.15, -0.1) is 0 Å². The smallest absolute Gasteiger partial charge is 0.278 e. The first-order valence-corrected chi connectivity index (χ1v) is 8.89. The lowest BCUT2D eigenvalue weighted by molar-refractivity contribution is 0.102. The molecule has 1 aromatic carbocycles. The van der Waals surface area contributed by atoms with E-state index in [1.165, 1.54) is 24.8 Å². The average Bonchev–Trinajstić information content (AvgIpc) is 2.71. The van der Waals surface area contributed by atoms with Crippen LogP contribution in [0.3, 0.4) is 0 Å². The fourth-order valence-corrected chi connectivity index (χ4v) is 2.93. The van der Waals surface area contributed by atoms with Gasteiger partial charge in [-0.3, -0.25) is 4.79 Å². The molecular weight excluding hydrogens is 401 g/mol. The Bertz CT molecular complexity index is 1050. The number of benzene rings is 1. The van der Waals surface area contributed by atoms with Crippen LogP contribution in [-0.4, -0.2) is 45.3 Å². The number of carbonyl (C=O) groups excluding carboxylic acids is 1. The van der Waals surface area contributed by atoms with Gasteiger partial charge < -0.3 is 15.0 Å². The number of nitrogens with one attached hydrogen (secondary N) is 1. The Hall–Kier alpha value is -3.76. The maximum absolute atomic E-state index is 13.5. The number of ether oxygens (including phenoxy) is 1. The standard InChI is InChI=1S/C19H15F3N6O2/c20-12-5-11(17(21)22)6-14(7-12)30-15-9-28(10-15)18-16(23-3-4-24-18)19(29)27-13-1-2-25-26-8-13/h1-8,15,17H,9-10H2,(H,25,27,29). The van der Waals surface area contributed by atoms with Crippen LogP contribution in [0.4, 0.5) is 24.7 Å². The molecule has 3 heterocycles. The number of aromatic nitrogens is 4. The highest BCUT2D eigenvalue weighted by Crippen LogP contribution is 2.28. The Balaban J connectivity index is 1.42. The first kappa shape index (κ1) is 19.6. The molecule has 0 bridgehead atoms. The second-order valence-corrected chi connectivity index (χ2v) is 6.48. The van der Waals surface area contributed by atoms with Crippen molar-refractivity contribution in [1.82, 2.24) is 20.2 Å². The summed E-state index contributed by atoms with van der Waals surface area (Å²) >= 11 is 0. The maximum Gasteiger partial charge on any atom is 0.278 e. The number of halogens is 3. The maximum atomic E-state index is 13.5. The second-order valence-electron chi connectivity index (χ2n) is 6.48. The van der Waals surface area contributed by atoms with Gasteiger partial charge in [0.05, 0.1) is 31.2 Å². The summed E-state index contributed by atoms with van der Waals surface area (Å²) in [5, 5.41) is 9.99. The molecule has 1 saturated heterocycles. The second kappa shape index (κ2) is 8.31. The van der Waals surface area contributed by atoms with Gasteiger partial charge in [-0.2, -0.15) is 10.2 Å². The molecule has 0 radical (unpaired) electrons. The number of hydrogen-bond acceptors (Lipinski definition) is 7. The summed E-state index contributed by atoms with van der Waals surface area (Å²) < 4.78 is 44.8. The van der Waals surface area contributed by atoms with Crippen LogP contribution in [-0.2, 0) is 0 Å². The molecule has 11 heteroatoms. The van der Waals surface area contributed by atoms with Crippen LogP contribution in [0.2, 0.25) is 0 Å². The van der Waals surface area contributed by atoms with Gasteiger partial charge in [0.15, 0.2) is 11.5 Å². The van der Waals surface area contributed by atoms with E-state index in [-0.39, 0.29) is 17.5 Å². The van der Waals surface area contributed by atoms with Gasteiger partial charge in [0.1, 0.15) is 17.7 Å². The summed E-state index contributed by atoms with van der Waals surface area (Å²) in [6, 6.07) is 4.52. The zero-order valence-corrected chi connectivity index (χ0v) is 15.4. The first-order valence-electron chi connectivity index (χ1n) is 8.89. The van der Waals surface area contributed by atoms with E-state index in [2.05, 4.69) is 25.5 Å². The Morgan fingerprint density at radius 2 is 1.93 bits per heavy atom. The number of hydrogen-bond donors (Lipinski definition) is 1. The summed E-state index contributed by atoms with van der Waals surface area (Å²) in [7, 11) is 0. The van der Waals surface area contributed by atoms with Crippen molar-refractivity contribution in [3.8, 4) is 5.75 Å². The van der Waals surface area contributed by atoms with Gasteiger partial charge in [0.25, 0.3) is 12.3 Å². The molecule has 0 unspecified atom stereocenters. The molecule has 1 N–H and O–H groups in total. The summed E-state index contributed by atoms with van der Waals surface area (Å²) in [6.45, 7) is 0.659. The number of anilines is 2. The highest BCUT2D eigenvalue weighted by atomic mass is 19.3. The van der Waals surface area contributed by atoms with Crippen LogP contribution >= 0.6 is 0 Å². The normalized spacial score (nSPS) is 13.8. The molecule has 30 heavy (non-hydrogen) atoms. The van der Waals surface area contributed by atoms with E-state index in [1.807, 2.05) is 0 Å². The molecule has 0 aliphatic carbocycles. The Kier molecular flexibility index (Phi) is 5.42. The van der Waals surface area contributed by atoms with Crippen LogP contribution < -0.4 is 15.0 Å². The monoisotopic (exact) mass is 416 g/mol. The van der Waals surface area contributed by atoms with E-state index in [1.54, 1.807) is 11.0 Å². The third-order valence-corrected chi connectivity index (χ3v) is 4.33. The third-order valence-electron chi connectivity index (χ3n) is 4.33. The quantitative estimate of drug-likeness (QED) is 0.661. The van der Waals surface area contributed by atoms with E-state index in [0.717, 1.165) is 18.2 Å². The fourth-order valence-electron chi connectivity index (χ4n) is 2.93. The van der Waals surface area contributed by atoms with Crippen molar-refractivity contribution in [3.05, 3.63) is 66.1 Å². The minimum atomic E-state index is -2.79. The molecule has 0 saturated carbocycles. The number of alkyl halides is 2. The van der Waals surface area contributed by atoms with Crippen molar-refractivity contribution in [2.45, 2.75) is 12.5 Å². The van der Waals surface area contributed by atoms with Gasteiger partial charge in [0.2, 0.25) is 0 Å². The zero-order valence-electron chi connectivity index (χ0n) is 15.4. The number of rotatable bonds is 6. The third kappa shape index (κ3) is 4.29. The lowest BCUT2D eigenvalue weighted by Gasteiger charge is -2.40. The first-order chi connectivity index (χ1) is 14.5. The van der Waals surface area contributed by atoms with E-state index in [9.17, 15) is 18.0 Å². The predicted octanol–water partition coefficient (Wildman–Crippen LogP) is 2.86. The van der Waals surface area contributed by atoms with Gasteiger partial charge in [-0.1, -0.05) is 0 Å². The van der Waals surface area contributed by atoms with Crippen LogP contribution in [0, 0.1) is 5.82 Å². The van der Waals surface area contributed by atoms with E-state index in [0.29, 0.717) is 24.6 Å². The molecule has 1 fully saturated rings. The van der Waals surface area contributed by atoms with Crippen LogP contribution in [0.15, 0.2) is 49.1 Å². The van der Waals surface area contributed by atoms with Crippen LogP contribution in [0.25, 0.3) is 0 Å². The van der Waals surface area contributed by atoms with Crippen molar-refractivity contribution in [3.63, 3.8) is 0 Å². The van der Waals surface area contributed by atoms with Gasteiger partial charge in [-0.25, -0.2) is 23.1 Å². The molecule has 154 valence electrons. The molecule has 4 rings (SSSR count). The van der Waals surface area contributed by atoms with Crippen LogP contribution in [0.1, 0.15) is 22.5 Å². The zero-order chi connectivity index (χ0) is 21.1. The number of amides is 1. The highest BCUT2D eigenvalue weighted by Gasteiger charge is 2.33. The van der Waals surface area contributed by atoms with E-state index < -0.39 is 23.7 Å². The molecule has 0 atom stereocenters. The summed E-state index contributed by atoms with van der Waals surface area (Å²) in [6.07, 6.45) is 2.52. The summed E-state index contributed by atoms with van der Waals surface area (Å²) in [4.78, 5) is 22.6. The molecule has 2 aromatic heterocycles. The van der Waals surface area contributed by atoms with E-state index >= 15 is 0 Å². The lowest BCUT2D eigenvalue weighted by atomic mass is 10.1. The summed E-state index contributed by atoms with van der Waals surface area (Å²) in [5.74, 6) is -0.888.